The molecule has 2 rings (SSSR count). The lowest BCUT2D eigenvalue weighted by atomic mass is 10.2. The Balaban J connectivity index is 2.10. The summed E-state index contributed by atoms with van der Waals surface area (Å²) in [7, 11) is 1.25. The normalized spacial score (nSPS) is 10.2. The van der Waals surface area contributed by atoms with Gasteiger partial charge in [0.25, 0.3) is 11.5 Å². The van der Waals surface area contributed by atoms with E-state index in [2.05, 4.69) is 14.8 Å². The van der Waals surface area contributed by atoms with Gasteiger partial charge >= 0.3 is 5.97 Å². The van der Waals surface area contributed by atoms with Crippen molar-refractivity contribution in [1.29, 1.82) is 0 Å². The van der Waals surface area contributed by atoms with E-state index in [1.54, 1.807) is 12.1 Å². The number of carbonyl (C=O) groups excluding carboxylic acids is 1. The van der Waals surface area contributed by atoms with Gasteiger partial charge in [0.2, 0.25) is 0 Å². The van der Waals surface area contributed by atoms with Gasteiger partial charge in [-0.2, -0.15) is 0 Å². The Bertz CT molecular complexity index is 605. The molecule has 0 unspecified atom stereocenters. The number of esters is 1. The third-order valence-electron chi connectivity index (χ3n) is 2.40. The molecule has 8 heteroatoms. The predicted molar refractivity (Wildman–Crippen MR) is 63.6 cm³/mol. The van der Waals surface area contributed by atoms with Gasteiger partial charge in [-0.1, -0.05) is 12.1 Å². The predicted octanol–water partition coefficient (Wildman–Crippen LogP) is 1.02. The van der Waals surface area contributed by atoms with Gasteiger partial charge in [0.15, 0.2) is 0 Å². The standard InChI is InChI=1S/C11H10N4O4/c1-19-11(16)10-12-7-14(13-10)6-8-2-4-9(5-3-8)15(17)18/h2-5,7H,6H2,1H3. The molecule has 0 N–H and O–H groups in total. The minimum absolute atomic E-state index is 0.0237. The van der Waals surface area contributed by atoms with E-state index in [0.717, 1.165) is 5.56 Å². The first kappa shape index (κ1) is 12.7. The van der Waals surface area contributed by atoms with Gasteiger partial charge < -0.3 is 4.74 Å². The van der Waals surface area contributed by atoms with Crippen LogP contribution in [0.2, 0.25) is 0 Å². The lowest BCUT2D eigenvalue weighted by Crippen LogP contribution is -2.06. The summed E-state index contributed by atoms with van der Waals surface area (Å²) in [6.45, 7) is 0.363. The smallest absolute Gasteiger partial charge is 0.377 e. The number of nitro benzene ring substituents is 1. The first-order valence-electron chi connectivity index (χ1n) is 5.31. The first-order chi connectivity index (χ1) is 9.10. The summed E-state index contributed by atoms with van der Waals surface area (Å²) >= 11 is 0. The Morgan fingerprint density at radius 2 is 2.11 bits per heavy atom. The average Bonchev–Trinajstić information content (AvgIpc) is 2.87. The molecular weight excluding hydrogens is 252 g/mol. The third kappa shape index (κ3) is 2.92. The highest BCUT2D eigenvalue weighted by molar-refractivity contribution is 5.84. The Morgan fingerprint density at radius 1 is 1.42 bits per heavy atom. The summed E-state index contributed by atoms with van der Waals surface area (Å²) in [4.78, 5) is 25.0. The maximum Gasteiger partial charge on any atom is 0.377 e. The molecule has 0 spiro atoms. The second kappa shape index (κ2) is 5.25. The third-order valence-corrected chi connectivity index (χ3v) is 2.40. The van der Waals surface area contributed by atoms with Crippen molar-refractivity contribution in [3.63, 3.8) is 0 Å². The van der Waals surface area contributed by atoms with Crippen molar-refractivity contribution < 1.29 is 14.5 Å². The van der Waals surface area contributed by atoms with E-state index >= 15 is 0 Å². The van der Waals surface area contributed by atoms with E-state index in [1.165, 1.54) is 30.3 Å². The van der Waals surface area contributed by atoms with Gasteiger partial charge in [-0.25, -0.2) is 14.5 Å². The second-order valence-electron chi connectivity index (χ2n) is 3.68. The quantitative estimate of drug-likeness (QED) is 0.463. The Kier molecular flexibility index (Phi) is 3.51. The van der Waals surface area contributed by atoms with Crippen LogP contribution in [-0.4, -0.2) is 32.8 Å². The zero-order valence-corrected chi connectivity index (χ0v) is 10.0. The number of non-ortho nitro benzene ring substituents is 1. The molecule has 0 amide bonds. The number of methoxy groups -OCH3 is 1. The van der Waals surface area contributed by atoms with Gasteiger partial charge in [-0.05, 0) is 5.56 Å². The van der Waals surface area contributed by atoms with Crippen molar-refractivity contribution in [3.8, 4) is 0 Å². The van der Waals surface area contributed by atoms with Crippen LogP contribution in [0.15, 0.2) is 30.6 Å². The number of rotatable bonds is 4. The maximum absolute atomic E-state index is 11.2. The Labute approximate surface area is 107 Å². The molecule has 8 nitrogen and oxygen atoms in total. The number of ether oxygens (including phenoxy) is 1. The second-order valence-corrected chi connectivity index (χ2v) is 3.68. The highest BCUT2D eigenvalue weighted by Crippen LogP contribution is 2.12. The van der Waals surface area contributed by atoms with Gasteiger partial charge in [0.05, 0.1) is 18.6 Å². The van der Waals surface area contributed by atoms with Gasteiger partial charge in [-0.15, -0.1) is 5.10 Å². The summed E-state index contributed by atoms with van der Waals surface area (Å²) in [6.07, 6.45) is 1.40. The Hall–Kier alpha value is -2.77. The van der Waals surface area contributed by atoms with Crippen LogP contribution in [0.25, 0.3) is 0 Å². The van der Waals surface area contributed by atoms with Crippen molar-refractivity contribution in [2.45, 2.75) is 6.54 Å². The number of nitrogens with zero attached hydrogens (tertiary/aromatic N) is 4. The number of benzene rings is 1. The molecule has 0 atom stereocenters. The summed E-state index contributed by atoms with van der Waals surface area (Å²) in [5.74, 6) is -0.633. The van der Waals surface area contributed by atoms with Crippen LogP contribution in [0.4, 0.5) is 5.69 Å². The molecule has 1 aromatic heterocycles. The molecule has 0 aliphatic rings. The molecule has 0 saturated heterocycles. The summed E-state index contributed by atoms with van der Waals surface area (Å²) in [6, 6.07) is 6.07. The van der Waals surface area contributed by atoms with Crippen molar-refractivity contribution in [2.75, 3.05) is 7.11 Å². The molecule has 98 valence electrons. The molecule has 0 aliphatic heterocycles. The van der Waals surface area contributed by atoms with E-state index in [1.807, 2.05) is 0 Å². The first-order valence-corrected chi connectivity index (χ1v) is 5.31. The molecular formula is C11H10N4O4. The number of hydrogen-bond donors (Lipinski definition) is 0. The fourth-order valence-electron chi connectivity index (χ4n) is 1.47. The fraction of sp³-hybridized carbons (Fsp3) is 0.182. The van der Waals surface area contributed by atoms with Gasteiger partial charge in [0.1, 0.15) is 6.33 Å². The van der Waals surface area contributed by atoms with Crippen LogP contribution >= 0.6 is 0 Å². The van der Waals surface area contributed by atoms with E-state index in [-0.39, 0.29) is 11.5 Å². The minimum Gasteiger partial charge on any atom is -0.463 e. The van der Waals surface area contributed by atoms with Crippen molar-refractivity contribution in [2.24, 2.45) is 0 Å². The average molecular weight is 262 g/mol. The molecule has 2 aromatic rings. The molecule has 19 heavy (non-hydrogen) atoms. The molecule has 0 bridgehead atoms. The van der Waals surface area contributed by atoms with Crippen molar-refractivity contribution in [1.82, 2.24) is 14.8 Å². The monoisotopic (exact) mass is 262 g/mol. The number of nitro groups is 1. The van der Waals surface area contributed by atoms with Crippen LogP contribution in [0, 0.1) is 10.1 Å². The highest BCUT2D eigenvalue weighted by Gasteiger charge is 2.11. The molecule has 0 saturated carbocycles. The molecule has 1 aromatic carbocycles. The lowest BCUT2D eigenvalue weighted by Gasteiger charge is -2.00. The minimum atomic E-state index is -0.609. The number of carbonyl (C=O) groups is 1. The number of aromatic nitrogens is 3. The highest BCUT2D eigenvalue weighted by atomic mass is 16.6. The molecule has 1 heterocycles. The fourth-order valence-corrected chi connectivity index (χ4v) is 1.47. The van der Waals surface area contributed by atoms with Gasteiger partial charge in [0, 0.05) is 12.1 Å². The molecule has 0 radical (unpaired) electrons. The largest absolute Gasteiger partial charge is 0.463 e. The SMILES string of the molecule is COC(=O)c1ncn(Cc2ccc([N+](=O)[O-])cc2)n1. The van der Waals surface area contributed by atoms with Crippen LogP contribution in [0.3, 0.4) is 0 Å². The van der Waals surface area contributed by atoms with E-state index in [4.69, 9.17) is 0 Å². The van der Waals surface area contributed by atoms with Crippen LogP contribution in [-0.2, 0) is 11.3 Å². The van der Waals surface area contributed by atoms with Gasteiger partial charge in [-0.3, -0.25) is 10.1 Å². The van der Waals surface area contributed by atoms with E-state index < -0.39 is 10.9 Å². The van der Waals surface area contributed by atoms with Crippen molar-refractivity contribution in [3.05, 3.63) is 52.1 Å². The maximum atomic E-state index is 11.2. The zero-order valence-electron chi connectivity index (χ0n) is 10.0. The van der Waals surface area contributed by atoms with Crippen molar-refractivity contribution >= 4 is 11.7 Å². The Morgan fingerprint density at radius 3 is 2.68 bits per heavy atom. The zero-order chi connectivity index (χ0) is 13.8. The van der Waals surface area contributed by atoms with Crippen LogP contribution in [0.1, 0.15) is 16.2 Å². The van der Waals surface area contributed by atoms with E-state index in [9.17, 15) is 14.9 Å². The number of hydrogen-bond acceptors (Lipinski definition) is 6. The lowest BCUT2D eigenvalue weighted by molar-refractivity contribution is -0.384. The van der Waals surface area contributed by atoms with Crippen LogP contribution in [0.5, 0.6) is 0 Å². The van der Waals surface area contributed by atoms with E-state index in [0.29, 0.717) is 6.54 Å². The topological polar surface area (TPSA) is 100 Å². The summed E-state index contributed by atoms with van der Waals surface area (Å²) in [5.41, 5.74) is 0.838. The molecule has 0 aliphatic carbocycles. The summed E-state index contributed by atoms with van der Waals surface area (Å²) < 4.78 is 5.94. The molecule has 0 fully saturated rings. The van der Waals surface area contributed by atoms with Crippen LogP contribution < -0.4 is 0 Å². The summed E-state index contributed by atoms with van der Waals surface area (Å²) in [5, 5.41) is 14.4.